The van der Waals surface area contributed by atoms with Crippen LogP contribution in [0.15, 0.2) is 46.9 Å². The van der Waals surface area contributed by atoms with Crippen LogP contribution in [0.3, 0.4) is 0 Å². The molecule has 2 aliphatic heterocycles. The Morgan fingerprint density at radius 2 is 2.00 bits per heavy atom. The first-order valence-electron chi connectivity index (χ1n) is 10.1. The molecule has 1 aromatic carbocycles. The van der Waals surface area contributed by atoms with Crippen molar-refractivity contribution < 1.29 is 14.3 Å². The summed E-state index contributed by atoms with van der Waals surface area (Å²) in [6.07, 6.45) is 4.70. The highest BCUT2D eigenvalue weighted by molar-refractivity contribution is 8.26. The van der Waals surface area contributed by atoms with Gasteiger partial charge in [0.25, 0.3) is 5.91 Å². The van der Waals surface area contributed by atoms with E-state index < -0.39 is 0 Å². The second kappa shape index (κ2) is 11.4. The van der Waals surface area contributed by atoms with Gasteiger partial charge in [-0.15, -0.1) is 0 Å². The lowest BCUT2D eigenvalue weighted by molar-refractivity contribution is -0.128. The molecule has 0 radical (unpaired) electrons. The van der Waals surface area contributed by atoms with Crippen LogP contribution in [0.2, 0.25) is 0 Å². The zero-order valence-electron chi connectivity index (χ0n) is 17.1. The maximum Gasteiger partial charge on any atom is 0.266 e. The third kappa shape index (κ3) is 6.77. The molecule has 8 heteroatoms. The molecule has 2 amide bonds. The Balaban J connectivity index is 1.47. The number of allylic oxidation sites excluding steroid dienone is 2. The molecule has 6 nitrogen and oxygen atoms in total. The molecule has 0 bridgehead atoms. The molecule has 0 aromatic heterocycles. The van der Waals surface area contributed by atoms with Crippen LogP contribution >= 0.6 is 24.0 Å². The Bertz CT molecular complexity index is 833. The summed E-state index contributed by atoms with van der Waals surface area (Å²) in [4.78, 5) is 29.2. The molecule has 160 valence electrons. The quantitative estimate of drug-likeness (QED) is 0.377. The summed E-state index contributed by atoms with van der Waals surface area (Å²) in [6.45, 7) is 6.84. The molecule has 2 heterocycles. The summed E-state index contributed by atoms with van der Waals surface area (Å²) in [5.74, 6) is -0.402. The van der Waals surface area contributed by atoms with Gasteiger partial charge in [-0.25, -0.2) is 0 Å². The number of amides is 2. The van der Waals surface area contributed by atoms with Crippen LogP contribution < -0.4 is 5.32 Å². The predicted molar refractivity (Wildman–Crippen MR) is 125 cm³/mol. The van der Waals surface area contributed by atoms with E-state index in [2.05, 4.69) is 10.2 Å². The van der Waals surface area contributed by atoms with E-state index in [1.807, 2.05) is 49.4 Å². The van der Waals surface area contributed by atoms with Crippen molar-refractivity contribution in [3.8, 4) is 0 Å². The van der Waals surface area contributed by atoms with E-state index in [-0.39, 0.29) is 18.4 Å². The van der Waals surface area contributed by atoms with Crippen LogP contribution in [0.4, 0.5) is 0 Å². The van der Waals surface area contributed by atoms with Gasteiger partial charge in [0.05, 0.1) is 18.1 Å². The van der Waals surface area contributed by atoms with Gasteiger partial charge in [0.2, 0.25) is 5.91 Å². The van der Waals surface area contributed by atoms with Crippen molar-refractivity contribution in [2.45, 2.75) is 13.3 Å². The maximum absolute atomic E-state index is 12.7. The Morgan fingerprint density at radius 3 is 2.73 bits per heavy atom. The Morgan fingerprint density at radius 1 is 1.27 bits per heavy atom. The fourth-order valence-electron chi connectivity index (χ4n) is 3.25. The Hall–Kier alpha value is -2.00. The van der Waals surface area contributed by atoms with Gasteiger partial charge >= 0.3 is 0 Å². The van der Waals surface area contributed by atoms with Crippen LogP contribution in [-0.4, -0.2) is 71.9 Å². The molecule has 2 fully saturated rings. The smallest absolute Gasteiger partial charge is 0.266 e. The topological polar surface area (TPSA) is 61.9 Å². The van der Waals surface area contributed by atoms with Gasteiger partial charge in [0.1, 0.15) is 10.9 Å². The van der Waals surface area contributed by atoms with Crippen molar-refractivity contribution in [2.24, 2.45) is 0 Å². The number of thiocarbonyl (C=S) groups is 1. The lowest BCUT2D eigenvalue weighted by Crippen LogP contribution is -2.41. The number of carbonyl (C=O) groups is 2. The lowest BCUT2D eigenvalue weighted by Gasteiger charge is -2.26. The van der Waals surface area contributed by atoms with E-state index in [1.165, 1.54) is 16.7 Å². The number of carbonyl (C=O) groups excluding carboxylic acids is 2. The summed E-state index contributed by atoms with van der Waals surface area (Å²) in [7, 11) is 0. The van der Waals surface area contributed by atoms with E-state index in [0.717, 1.165) is 50.4 Å². The minimum absolute atomic E-state index is 0.0407. The highest BCUT2D eigenvalue weighted by Crippen LogP contribution is 2.31. The zero-order chi connectivity index (χ0) is 21.3. The van der Waals surface area contributed by atoms with Gasteiger partial charge in [0.15, 0.2) is 0 Å². The normalized spacial score (nSPS) is 19.6. The molecule has 1 aromatic rings. The molecule has 3 rings (SSSR count). The van der Waals surface area contributed by atoms with Crippen LogP contribution in [0.1, 0.15) is 18.9 Å². The summed E-state index contributed by atoms with van der Waals surface area (Å²) in [6, 6.07) is 9.92. The summed E-state index contributed by atoms with van der Waals surface area (Å²) < 4.78 is 5.75. The SMILES string of the molecule is CC(/C=C1\SC(=S)N(CC(=O)NCCCN2CCOCC2)C1=O)=C\c1ccccc1. The van der Waals surface area contributed by atoms with Crippen LogP contribution in [0.5, 0.6) is 0 Å². The maximum atomic E-state index is 12.7. The van der Waals surface area contributed by atoms with E-state index in [1.54, 1.807) is 0 Å². The first-order chi connectivity index (χ1) is 14.5. The third-order valence-electron chi connectivity index (χ3n) is 4.80. The first-order valence-corrected chi connectivity index (χ1v) is 11.3. The van der Waals surface area contributed by atoms with Crippen LogP contribution in [-0.2, 0) is 14.3 Å². The van der Waals surface area contributed by atoms with E-state index >= 15 is 0 Å². The number of morpholine rings is 1. The summed E-state index contributed by atoms with van der Waals surface area (Å²) in [5, 5.41) is 2.89. The molecule has 0 atom stereocenters. The fourth-order valence-corrected chi connectivity index (χ4v) is 4.56. The van der Waals surface area contributed by atoms with Crippen molar-refractivity contribution in [1.29, 1.82) is 0 Å². The average molecular weight is 446 g/mol. The number of thioether (sulfide) groups is 1. The molecule has 30 heavy (non-hydrogen) atoms. The monoisotopic (exact) mass is 445 g/mol. The van der Waals surface area contributed by atoms with Crippen molar-refractivity contribution in [3.63, 3.8) is 0 Å². The van der Waals surface area contributed by atoms with Gasteiger partial charge in [-0.1, -0.05) is 60.4 Å². The van der Waals surface area contributed by atoms with E-state index in [9.17, 15) is 9.59 Å². The zero-order valence-corrected chi connectivity index (χ0v) is 18.8. The summed E-state index contributed by atoms with van der Waals surface area (Å²) in [5.41, 5.74) is 2.02. The van der Waals surface area contributed by atoms with Crippen molar-refractivity contribution in [3.05, 3.63) is 52.4 Å². The molecular weight excluding hydrogens is 418 g/mol. The molecule has 2 saturated heterocycles. The standard InChI is InChI=1S/C22H27N3O3S2/c1-17(14-18-6-3-2-4-7-18)15-19-21(27)25(22(29)30-19)16-20(26)23-8-5-9-24-10-12-28-13-11-24/h2-4,6-7,14-15H,5,8-13,16H2,1H3,(H,23,26)/b17-14+,19-15-. The molecule has 2 aliphatic rings. The Labute approximate surface area is 187 Å². The van der Waals surface area contributed by atoms with Crippen LogP contribution in [0.25, 0.3) is 6.08 Å². The fraction of sp³-hybridized carbons (Fsp3) is 0.409. The highest BCUT2D eigenvalue weighted by Gasteiger charge is 2.33. The van der Waals surface area contributed by atoms with Gasteiger partial charge in [0, 0.05) is 19.6 Å². The average Bonchev–Trinajstić information content (AvgIpc) is 3.00. The van der Waals surface area contributed by atoms with Crippen LogP contribution in [0, 0.1) is 0 Å². The highest BCUT2D eigenvalue weighted by atomic mass is 32.2. The minimum atomic E-state index is -0.214. The minimum Gasteiger partial charge on any atom is -0.379 e. The molecule has 0 saturated carbocycles. The van der Waals surface area contributed by atoms with E-state index in [0.29, 0.717) is 15.8 Å². The number of nitrogens with zero attached hydrogens (tertiary/aromatic N) is 2. The van der Waals surface area contributed by atoms with Crippen molar-refractivity contribution in [2.75, 3.05) is 45.9 Å². The number of ether oxygens (including phenoxy) is 1. The lowest BCUT2D eigenvalue weighted by atomic mass is 10.1. The second-order valence-electron chi connectivity index (χ2n) is 7.22. The largest absolute Gasteiger partial charge is 0.379 e. The van der Waals surface area contributed by atoms with Gasteiger partial charge < -0.3 is 10.1 Å². The van der Waals surface area contributed by atoms with Crippen molar-refractivity contribution >= 4 is 46.2 Å². The molecule has 0 aliphatic carbocycles. The third-order valence-corrected chi connectivity index (χ3v) is 6.18. The number of hydrogen-bond acceptors (Lipinski definition) is 6. The first kappa shape index (κ1) is 22.7. The molecule has 0 unspecified atom stereocenters. The number of hydrogen-bond donors (Lipinski definition) is 1. The Kier molecular flexibility index (Phi) is 8.62. The van der Waals surface area contributed by atoms with Gasteiger partial charge in [-0.2, -0.15) is 0 Å². The predicted octanol–water partition coefficient (Wildman–Crippen LogP) is 2.67. The van der Waals surface area contributed by atoms with Gasteiger partial charge in [-0.05, 0) is 37.1 Å². The van der Waals surface area contributed by atoms with Gasteiger partial charge in [-0.3, -0.25) is 19.4 Å². The molecular formula is C22H27N3O3S2. The van der Waals surface area contributed by atoms with Crippen molar-refractivity contribution in [1.82, 2.24) is 15.1 Å². The van der Waals surface area contributed by atoms with E-state index in [4.69, 9.17) is 17.0 Å². The number of nitrogens with one attached hydrogen (secondary N) is 1. The number of rotatable bonds is 8. The second-order valence-corrected chi connectivity index (χ2v) is 8.90. The summed E-state index contributed by atoms with van der Waals surface area (Å²) >= 11 is 6.56. The molecule has 0 spiro atoms. The number of benzene rings is 1. The molecule has 1 N–H and O–H groups in total.